The Morgan fingerprint density at radius 3 is 2.63 bits per heavy atom. The van der Waals surface area contributed by atoms with Crippen molar-refractivity contribution in [1.82, 2.24) is 15.2 Å². The number of carbonyl (C=O) groups is 1. The Labute approximate surface area is 229 Å². The summed E-state index contributed by atoms with van der Waals surface area (Å²) in [4.78, 5) is 16.7. The molecule has 1 fully saturated rings. The van der Waals surface area contributed by atoms with Gasteiger partial charge >= 0.3 is 0 Å². The Bertz CT molecular complexity index is 1370. The molecule has 1 aliphatic rings. The molecule has 1 amide bonds. The quantitative estimate of drug-likeness (QED) is 0.275. The fraction of sp³-hybridized carbons (Fsp3) is 0.286. The lowest BCUT2D eigenvalue weighted by molar-refractivity contribution is -0.268. The third-order valence-corrected chi connectivity index (χ3v) is 8.40. The molecule has 5 rings (SSSR count). The molecule has 0 saturated carbocycles. The number of anilines is 1. The fourth-order valence-electron chi connectivity index (χ4n) is 4.26. The molecule has 0 aliphatic carbocycles. The number of amides is 1. The number of aliphatic hydroxyl groups excluding tert-OH is 1. The van der Waals surface area contributed by atoms with Gasteiger partial charge in [-0.2, -0.15) is 0 Å². The van der Waals surface area contributed by atoms with Crippen LogP contribution in [0.15, 0.2) is 77.4 Å². The zero-order chi connectivity index (χ0) is 26.5. The first-order valence-corrected chi connectivity index (χ1v) is 14.0. The second kappa shape index (κ2) is 12.1. The molecular formula is C28H28N4O4S2. The van der Waals surface area contributed by atoms with E-state index in [1.807, 2.05) is 55.5 Å². The van der Waals surface area contributed by atoms with Crippen molar-refractivity contribution in [2.45, 2.75) is 43.3 Å². The van der Waals surface area contributed by atoms with Crippen LogP contribution in [-0.4, -0.2) is 38.1 Å². The summed E-state index contributed by atoms with van der Waals surface area (Å²) in [6, 6.07) is 18.8. The van der Waals surface area contributed by atoms with Crippen LogP contribution < -0.4 is 5.32 Å². The molecule has 0 radical (unpaired) electrons. The van der Waals surface area contributed by atoms with Gasteiger partial charge in [0.25, 0.3) is 5.91 Å². The number of nitrogens with zero attached hydrogens (tertiary/aromatic N) is 3. The van der Waals surface area contributed by atoms with E-state index in [-0.39, 0.29) is 30.6 Å². The summed E-state index contributed by atoms with van der Waals surface area (Å²) in [7, 11) is 0. The second-order valence-corrected chi connectivity index (χ2v) is 11.5. The van der Waals surface area contributed by atoms with Crippen LogP contribution in [0.2, 0.25) is 0 Å². The highest BCUT2D eigenvalue weighted by Crippen LogP contribution is 2.43. The zero-order valence-electron chi connectivity index (χ0n) is 21.0. The maximum atomic E-state index is 12.7. The number of rotatable bonds is 8. The van der Waals surface area contributed by atoms with Crippen LogP contribution in [0.5, 0.6) is 0 Å². The van der Waals surface area contributed by atoms with Crippen molar-refractivity contribution >= 4 is 34.7 Å². The standard InChI is InChI=1S/C28H28N4O4S2/c1-17-24(16-37-28-32-31-18(2)38-28)35-27(36-25(17)20-10-8-19(15-33)9-11-20)21-5-3-7-23(13-21)30-26(34)22-6-4-12-29-14-22/h3-14,17,24-25,27,33H,15-16H2,1-2H3,(H,30,34)/t17-,24+,25+,27+/m1/s1. The van der Waals surface area contributed by atoms with E-state index in [0.717, 1.165) is 26.0 Å². The molecular weight excluding hydrogens is 520 g/mol. The molecule has 0 bridgehead atoms. The Hall–Kier alpha value is -3.15. The number of benzene rings is 2. The summed E-state index contributed by atoms with van der Waals surface area (Å²) in [5, 5.41) is 21.7. The number of aliphatic hydroxyl groups is 1. The lowest BCUT2D eigenvalue weighted by Crippen LogP contribution is -2.38. The van der Waals surface area contributed by atoms with Gasteiger partial charge < -0.3 is 19.9 Å². The van der Waals surface area contributed by atoms with Gasteiger partial charge in [-0.3, -0.25) is 9.78 Å². The van der Waals surface area contributed by atoms with Gasteiger partial charge in [0, 0.05) is 35.3 Å². The summed E-state index contributed by atoms with van der Waals surface area (Å²) in [6.07, 6.45) is 2.18. The molecule has 3 heterocycles. The van der Waals surface area contributed by atoms with Crippen molar-refractivity contribution in [2.75, 3.05) is 11.1 Å². The largest absolute Gasteiger partial charge is 0.392 e. The number of hydrogen-bond acceptors (Lipinski definition) is 9. The van der Waals surface area contributed by atoms with E-state index in [4.69, 9.17) is 9.47 Å². The van der Waals surface area contributed by atoms with Gasteiger partial charge in [-0.05, 0) is 42.3 Å². The van der Waals surface area contributed by atoms with E-state index in [0.29, 0.717) is 17.0 Å². The van der Waals surface area contributed by atoms with Crippen LogP contribution in [-0.2, 0) is 16.1 Å². The third kappa shape index (κ3) is 6.28. The Morgan fingerprint density at radius 1 is 1.08 bits per heavy atom. The van der Waals surface area contributed by atoms with Crippen LogP contribution in [0.1, 0.15) is 51.4 Å². The number of carbonyl (C=O) groups excluding carboxylic acids is 1. The molecule has 1 saturated heterocycles. The number of nitrogens with one attached hydrogen (secondary N) is 1. The Kier molecular flexibility index (Phi) is 8.45. The van der Waals surface area contributed by atoms with Gasteiger partial charge in [0.15, 0.2) is 10.6 Å². The predicted octanol–water partition coefficient (Wildman–Crippen LogP) is 5.57. The highest BCUT2D eigenvalue weighted by Gasteiger charge is 2.38. The van der Waals surface area contributed by atoms with E-state index in [1.165, 1.54) is 6.20 Å². The molecule has 0 spiro atoms. The smallest absolute Gasteiger partial charge is 0.257 e. The lowest BCUT2D eigenvalue weighted by atomic mass is 9.91. The lowest BCUT2D eigenvalue weighted by Gasteiger charge is -2.41. The van der Waals surface area contributed by atoms with Gasteiger partial charge in [0.05, 0.1) is 24.4 Å². The number of pyridine rings is 1. The van der Waals surface area contributed by atoms with E-state index >= 15 is 0 Å². The second-order valence-electron chi connectivity index (χ2n) is 9.04. The maximum Gasteiger partial charge on any atom is 0.257 e. The van der Waals surface area contributed by atoms with E-state index in [9.17, 15) is 9.90 Å². The minimum Gasteiger partial charge on any atom is -0.392 e. The molecule has 0 unspecified atom stereocenters. The number of thioether (sulfide) groups is 1. The minimum atomic E-state index is -0.634. The number of ether oxygens (including phenoxy) is 2. The highest BCUT2D eigenvalue weighted by molar-refractivity contribution is 8.01. The number of hydrogen-bond donors (Lipinski definition) is 2. The summed E-state index contributed by atoms with van der Waals surface area (Å²) in [5.41, 5.74) is 3.79. The van der Waals surface area contributed by atoms with Crippen molar-refractivity contribution in [3.05, 3.63) is 100 Å². The average Bonchev–Trinajstić information content (AvgIpc) is 3.38. The van der Waals surface area contributed by atoms with Crippen LogP contribution >= 0.6 is 23.1 Å². The van der Waals surface area contributed by atoms with Crippen molar-refractivity contribution in [3.63, 3.8) is 0 Å². The molecule has 2 aromatic carbocycles. The Balaban J connectivity index is 1.38. The van der Waals surface area contributed by atoms with E-state index < -0.39 is 6.29 Å². The van der Waals surface area contributed by atoms with E-state index in [2.05, 4.69) is 27.4 Å². The molecule has 1 aliphatic heterocycles. The van der Waals surface area contributed by atoms with Gasteiger partial charge in [-0.1, -0.05) is 66.4 Å². The molecule has 4 aromatic rings. The SMILES string of the molecule is Cc1nnc(SC[C@@H]2O[C@H](c3cccc(NC(=O)c4cccnc4)c3)O[C@H](c3ccc(CO)cc3)[C@@H]2C)s1. The maximum absolute atomic E-state index is 12.7. The summed E-state index contributed by atoms with van der Waals surface area (Å²) < 4.78 is 13.9. The van der Waals surface area contributed by atoms with Crippen LogP contribution in [0.25, 0.3) is 0 Å². The fourth-order valence-corrected chi connectivity index (χ4v) is 6.27. The first kappa shape index (κ1) is 26.5. The highest BCUT2D eigenvalue weighted by atomic mass is 32.2. The van der Waals surface area contributed by atoms with Crippen molar-refractivity contribution < 1.29 is 19.4 Å². The number of aryl methyl sites for hydroxylation is 1. The molecule has 38 heavy (non-hydrogen) atoms. The van der Waals surface area contributed by atoms with Gasteiger partial charge in [0.1, 0.15) is 5.01 Å². The Morgan fingerprint density at radius 2 is 1.92 bits per heavy atom. The molecule has 196 valence electrons. The van der Waals surface area contributed by atoms with Crippen molar-refractivity contribution in [3.8, 4) is 0 Å². The van der Waals surface area contributed by atoms with Gasteiger partial charge in [-0.15, -0.1) is 10.2 Å². The van der Waals surface area contributed by atoms with Crippen molar-refractivity contribution in [1.29, 1.82) is 0 Å². The predicted molar refractivity (Wildman–Crippen MR) is 147 cm³/mol. The summed E-state index contributed by atoms with van der Waals surface area (Å²) >= 11 is 3.20. The number of aromatic nitrogens is 3. The first-order chi connectivity index (χ1) is 18.5. The average molecular weight is 549 g/mol. The molecule has 8 nitrogen and oxygen atoms in total. The zero-order valence-corrected chi connectivity index (χ0v) is 22.6. The molecule has 2 N–H and O–H groups in total. The topological polar surface area (TPSA) is 106 Å². The van der Waals surface area contributed by atoms with Gasteiger partial charge in [0.2, 0.25) is 0 Å². The summed E-state index contributed by atoms with van der Waals surface area (Å²) in [5.74, 6) is 0.511. The minimum absolute atomic E-state index is 0.00875. The third-order valence-electron chi connectivity index (χ3n) is 6.34. The summed E-state index contributed by atoms with van der Waals surface area (Å²) in [6.45, 7) is 4.06. The van der Waals surface area contributed by atoms with Crippen LogP contribution in [0, 0.1) is 12.8 Å². The van der Waals surface area contributed by atoms with Crippen molar-refractivity contribution in [2.24, 2.45) is 5.92 Å². The molecule has 4 atom stereocenters. The van der Waals surface area contributed by atoms with Crippen LogP contribution in [0.4, 0.5) is 5.69 Å². The first-order valence-electron chi connectivity index (χ1n) is 12.2. The monoisotopic (exact) mass is 548 g/mol. The van der Waals surface area contributed by atoms with Crippen LogP contribution in [0.3, 0.4) is 0 Å². The normalized spacial score (nSPS) is 21.2. The van der Waals surface area contributed by atoms with Gasteiger partial charge in [-0.25, -0.2) is 0 Å². The molecule has 10 heteroatoms. The molecule has 2 aromatic heterocycles. The van der Waals surface area contributed by atoms with E-state index in [1.54, 1.807) is 41.4 Å².